The molecule has 1 saturated carbocycles. The Hall–Kier alpha value is -1.07. The number of nitrogens with two attached hydrogens (primary N) is 1. The van der Waals surface area contributed by atoms with Crippen LogP contribution in [0.15, 0.2) is 16.5 Å². The quantitative estimate of drug-likeness (QED) is 0.865. The number of hydrogen-bond donors (Lipinski definition) is 1. The van der Waals surface area contributed by atoms with Crippen LogP contribution in [0.5, 0.6) is 0 Å². The van der Waals surface area contributed by atoms with Crippen molar-refractivity contribution >= 4 is 34.7 Å². The van der Waals surface area contributed by atoms with Crippen molar-refractivity contribution < 1.29 is 9.21 Å². The lowest BCUT2D eigenvalue weighted by atomic mass is 10.2. The fourth-order valence-electron chi connectivity index (χ4n) is 2.32. The highest BCUT2D eigenvalue weighted by atomic mass is 35.5. The van der Waals surface area contributed by atoms with E-state index in [0.717, 1.165) is 25.7 Å². The summed E-state index contributed by atoms with van der Waals surface area (Å²) in [6.45, 7) is 0.289. The first-order valence-electron chi connectivity index (χ1n) is 5.92. The van der Waals surface area contributed by atoms with Crippen molar-refractivity contribution in [3.8, 4) is 0 Å². The van der Waals surface area contributed by atoms with Crippen LogP contribution in [-0.2, 0) is 0 Å². The lowest BCUT2D eigenvalue weighted by Crippen LogP contribution is -2.43. The van der Waals surface area contributed by atoms with Crippen LogP contribution in [0.2, 0.25) is 5.22 Å². The lowest BCUT2D eigenvalue weighted by Gasteiger charge is -2.27. The number of amides is 1. The molecule has 0 spiro atoms. The van der Waals surface area contributed by atoms with E-state index in [1.807, 2.05) is 0 Å². The van der Waals surface area contributed by atoms with Gasteiger partial charge in [-0.2, -0.15) is 0 Å². The van der Waals surface area contributed by atoms with Gasteiger partial charge in [-0.25, -0.2) is 0 Å². The van der Waals surface area contributed by atoms with Gasteiger partial charge in [0.25, 0.3) is 5.91 Å². The average Bonchev–Trinajstić information content (AvgIpc) is 2.95. The maximum absolute atomic E-state index is 12.3. The maximum Gasteiger partial charge on any atom is 0.290 e. The number of nitrogens with zero attached hydrogens (tertiary/aromatic N) is 1. The Balaban J connectivity index is 2.17. The van der Waals surface area contributed by atoms with Crippen molar-refractivity contribution in [2.45, 2.75) is 31.7 Å². The van der Waals surface area contributed by atoms with Gasteiger partial charge in [0, 0.05) is 6.04 Å². The molecule has 2 N–H and O–H groups in total. The summed E-state index contributed by atoms with van der Waals surface area (Å²) in [5, 5.41) is 0.208. The molecule has 0 aromatic carbocycles. The Labute approximate surface area is 116 Å². The third-order valence-corrected chi connectivity index (χ3v) is 3.47. The molecule has 0 radical (unpaired) electrons. The summed E-state index contributed by atoms with van der Waals surface area (Å²) in [7, 11) is 0. The van der Waals surface area contributed by atoms with E-state index in [1.165, 1.54) is 0 Å². The second-order valence-electron chi connectivity index (χ2n) is 4.44. The summed E-state index contributed by atoms with van der Waals surface area (Å²) in [5.74, 6) is 0.0461. The third kappa shape index (κ3) is 3.03. The molecule has 2 rings (SSSR count). The molecular formula is C12H15ClN2O2S. The Kier molecular flexibility index (Phi) is 4.24. The average molecular weight is 287 g/mol. The van der Waals surface area contributed by atoms with Crippen LogP contribution in [0.3, 0.4) is 0 Å². The molecule has 18 heavy (non-hydrogen) atoms. The van der Waals surface area contributed by atoms with Crippen LogP contribution < -0.4 is 5.73 Å². The summed E-state index contributed by atoms with van der Waals surface area (Å²) < 4.78 is 5.16. The van der Waals surface area contributed by atoms with Gasteiger partial charge in [-0.15, -0.1) is 0 Å². The molecule has 1 aromatic heterocycles. The number of rotatable bonds is 4. The van der Waals surface area contributed by atoms with Crippen molar-refractivity contribution in [2.24, 2.45) is 5.73 Å². The molecule has 0 saturated heterocycles. The summed E-state index contributed by atoms with van der Waals surface area (Å²) in [6.07, 6.45) is 4.24. The Morgan fingerprint density at radius 3 is 2.67 bits per heavy atom. The highest BCUT2D eigenvalue weighted by Crippen LogP contribution is 2.25. The van der Waals surface area contributed by atoms with Gasteiger partial charge in [-0.1, -0.05) is 25.1 Å². The number of furan rings is 1. The Morgan fingerprint density at radius 1 is 1.50 bits per heavy atom. The van der Waals surface area contributed by atoms with E-state index in [4.69, 9.17) is 34.0 Å². The normalized spacial score (nSPS) is 15.8. The molecule has 1 aliphatic rings. The number of halogens is 1. The van der Waals surface area contributed by atoms with E-state index in [2.05, 4.69) is 0 Å². The van der Waals surface area contributed by atoms with Gasteiger partial charge in [0.1, 0.15) is 0 Å². The molecule has 0 unspecified atom stereocenters. The Bertz CT molecular complexity index is 455. The van der Waals surface area contributed by atoms with Crippen molar-refractivity contribution in [1.82, 2.24) is 4.90 Å². The van der Waals surface area contributed by atoms with Crippen LogP contribution in [0.25, 0.3) is 0 Å². The van der Waals surface area contributed by atoms with Crippen molar-refractivity contribution in [1.29, 1.82) is 0 Å². The Morgan fingerprint density at radius 2 is 2.17 bits per heavy atom. The minimum atomic E-state index is -0.193. The van der Waals surface area contributed by atoms with Crippen molar-refractivity contribution in [3.05, 3.63) is 23.1 Å². The summed E-state index contributed by atoms with van der Waals surface area (Å²) in [5.41, 5.74) is 5.56. The predicted molar refractivity (Wildman–Crippen MR) is 73.8 cm³/mol. The molecule has 4 nitrogen and oxygen atoms in total. The van der Waals surface area contributed by atoms with E-state index in [-0.39, 0.29) is 29.5 Å². The van der Waals surface area contributed by atoms with E-state index in [9.17, 15) is 4.79 Å². The predicted octanol–water partition coefficient (Wildman–Crippen LogP) is 2.60. The molecular weight excluding hydrogens is 272 g/mol. The molecule has 0 atom stereocenters. The number of thiocarbonyl (C=S) groups is 1. The molecule has 1 aliphatic carbocycles. The first kappa shape index (κ1) is 13.4. The van der Waals surface area contributed by atoms with E-state index < -0.39 is 0 Å². The van der Waals surface area contributed by atoms with Gasteiger partial charge in [-0.3, -0.25) is 4.79 Å². The molecule has 0 aliphatic heterocycles. The van der Waals surface area contributed by atoms with Gasteiger partial charge >= 0.3 is 0 Å². The zero-order valence-corrected chi connectivity index (χ0v) is 11.5. The highest BCUT2D eigenvalue weighted by molar-refractivity contribution is 7.80. The molecule has 0 bridgehead atoms. The summed E-state index contributed by atoms with van der Waals surface area (Å²) in [4.78, 5) is 14.4. The lowest BCUT2D eigenvalue weighted by molar-refractivity contribution is 0.0682. The zero-order valence-electron chi connectivity index (χ0n) is 9.89. The number of carbonyl (C=O) groups excluding carboxylic acids is 1. The topological polar surface area (TPSA) is 59.5 Å². The van der Waals surface area contributed by atoms with Crippen molar-refractivity contribution in [2.75, 3.05) is 6.54 Å². The minimum absolute atomic E-state index is 0.193. The zero-order chi connectivity index (χ0) is 13.1. The van der Waals surface area contributed by atoms with Crippen LogP contribution in [0.4, 0.5) is 0 Å². The van der Waals surface area contributed by atoms with Gasteiger partial charge in [0.15, 0.2) is 11.0 Å². The standard InChI is InChI=1S/C12H15ClN2O2S/c13-10-6-5-9(17-10)12(16)15(7-11(14)18)8-3-1-2-4-8/h5-6,8H,1-4,7H2,(H2,14,18). The van der Waals surface area contributed by atoms with Gasteiger partial charge in [0.05, 0.1) is 11.5 Å². The summed E-state index contributed by atoms with van der Waals surface area (Å²) in [6, 6.07) is 3.33. The largest absolute Gasteiger partial charge is 0.440 e. The second-order valence-corrected chi connectivity index (χ2v) is 5.34. The fraction of sp³-hybridized carbons (Fsp3) is 0.500. The first-order valence-corrected chi connectivity index (χ1v) is 6.71. The van der Waals surface area contributed by atoms with Crippen LogP contribution >= 0.6 is 23.8 Å². The van der Waals surface area contributed by atoms with E-state index in [1.54, 1.807) is 17.0 Å². The van der Waals surface area contributed by atoms with Gasteiger partial charge in [-0.05, 0) is 36.6 Å². The van der Waals surface area contributed by atoms with E-state index in [0.29, 0.717) is 4.99 Å². The number of carbonyl (C=O) groups is 1. The smallest absolute Gasteiger partial charge is 0.290 e. The second kappa shape index (κ2) is 5.71. The molecule has 1 fully saturated rings. The van der Waals surface area contributed by atoms with Gasteiger partial charge in [0.2, 0.25) is 0 Å². The van der Waals surface area contributed by atoms with Gasteiger partial charge < -0.3 is 15.1 Å². The molecule has 98 valence electrons. The van der Waals surface area contributed by atoms with Crippen LogP contribution in [-0.4, -0.2) is 28.4 Å². The maximum atomic E-state index is 12.3. The molecule has 1 heterocycles. The van der Waals surface area contributed by atoms with Crippen molar-refractivity contribution in [3.63, 3.8) is 0 Å². The fourth-order valence-corrected chi connectivity index (χ4v) is 2.61. The van der Waals surface area contributed by atoms with Crippen LogP contribution in [0, 0.1) is 0 Å². The monoisotopic (exact) mass is 286 g/mol. The minimum Gasteiger partial charge on any atom is -0.440 e. The summed E-state index contributed by atoms with van der Waals surface area (Å²) >= 11 is 10.6. The van der Waals surface area contributed by atoms with E-state index >= 15 is 0 Å². The molecule has 1 amide bonds. The molecule has 1 aromatic rings. The van der Waals surface area contributed by atoms with Crippen LogP contribution in [0.1, 0.15) is 36.2 Å². The molecule has 6 heteroatoms. The first-order chi connectivity index (χ1) is 8.58. The SMILES string of the molecule is NC(=S)CN(C(=O)c1ccc(Cl)o1)C1CCCC1. The third-order valence-electron chi connectivity index (χ3n) is 3.14. The number of hydrogen-bond acceptors (Lipinski definition) is 3. The highest BCUT2D eigenvalue weighted by Gasteiger charge is 2.29.